The number of nitrogens with zero attached hydrogens (tertiary/aromatic N) is 1. The van der Waals surface area contributed by atoms with E-state index in [-0.39, 0.29) is 0 Å². The van der Waals surface area contributed by atoms with Crippen molar-refractivity contribution in [2.75, 3.05) is 6.54 Å². The number of hydrogen-bond acceptors (Lipinski definition) is 2. The highest BCUT2D eigenvalue weighted by Gasteiger charge is 2.21. The van der Waals surface area contributed by atoms with Gasteiger partial charge in [0.2, 0.25) is 0 Å². The summed E-state index contributed by atoms with van der Waals surface area (Å²) >= 11 is 5.93. The fourth-order valence-corrected chi connectivity index (χ4v) is 2.30. The Balaban J connectivity index is 2.05. The van der Waals surface area contributed by atoms with Gasteiger partial charge in [-0.05, 0) is 36.1 Å². The molecular formula is C12H13ClN2. The Bertz CT molecular complexity index is 395. The molecule has 1 aliphatic rings. The summed E-state index contributed by atoms with van der Waals surface area (Å²) in [7, 11) is 0. The van der Waals surface area contributed by atoms with Gasteiger partial charge in [0.05, 0.1) is 6.07 Å². The second kappa shape index (κ2) is 4.65. The van der Waals surface area contributed by atoms with Gasteiger partial charge >= 0.3 is 0 Å². The van der Waals surface area contributed by atoms with Crippen LogP contribution in [-0.4, -0.2) is 6.54 Å². The third-order valence-corrected chi connectivity index (χ3v) is 3.05. The minimum atomic E-state index is 0.408. The van der Waals surface area contributed by atoms with Crippen LogP contribution in [0, 0.1) is 11.3 Å². The number of benzene rings is 1. The van der Waals surface area contributed by atoms with Gasteiger partial charge in [-0.15, -0.1) is 0 Å². The molecule has 0 bridgehead atoms. The van der Waals surface area contributed by atoms with E-state index in [4.69, 9.17) is 16.9 Å². The van der Waals surface area contributed by atoms with Gasteiger partial charge in [0.1, 0.15) is 0 Å². The first-order valence-electron chi connectivity index (χ1n) is 5.20. The second-order valence-electron chi connectivity index (χ2n) is 3.80. The molecule has 0 saturated carbocycles. The van der Waals surface area contributed by atoms with Crippen LogP contribution < -0.4 is 5.32 Å². The Hall–Kier alpha value is -1.04. The summed E-state index contributed by atoms with van der Waals surface area (Å²) in [5.41, 5.74) is 2.69. The van der Waals surface area contributed by atoms with E-state index < -0.39 is 0 Å². The maximum atomic E-state index is 8.46. The normalized spacial score (nSPS) is 18.5. The molecule has 0 spiro atoms. The number of hydrogen-bond donors (Lipinski definition) is 1. The van der Waals surface area contributed by atoms with Crippen molar-refractivity contribution < 1.29 is 0 Å². The second-order valence-corrected chi connectivity index (χ2v) is 4.23. The van der Waals surface area contributed by atoms with Gasteiger partial charge in [-0.1, -0.05) is 17.7 Å². The van der Waals surface area contributed by atoms with Crippen molar-refractivity contribution in [3.63, 3.8) is 0 Å². The number of rotatable bonds is 3. The average molecular weight is 221 g/mol. The molecule has 15 heavy (non-hydrogen) atoms. The molecule has 1 atom stereocenters. The highest BCUT2D eigenvalue weighted by Crippen LogP contribution is 2.32. The fraction of sp³-hybridized carbons (Fsp3) is 0.417. The Morgan fingerprint density at radius 3 is 3.20 bits per heavy atom. The van der Waals surface area contributed by atoms with Crippen LogP contribution in [0.1, 0.15) is 30.0 Å². The molecule has 0 amide bonds. The number of nitriles is 1. The van der Waals surface area contributed by atoms with Crippen LogP contribution in [0.4, 0.5) is 0 Å². The van der Waals surface area contributed by atoms with Crippen LogP contribution in [0.15, 0.2) is 18.2 Å². The molecule has 2 rings (SSSR count). The van der Waals surface area contributed by atoms with Gasteiger partial charge < -0.3 is 5.32 Å². The summed E-state index contributed by atoms with van der Waals surface area (Å²) in [4.78, 5) is 0. The maximum Gasteiger partial charge on any atom is 0.0635 e. The van der Waals surface area contributed by atoms with Gasteiger partial charge in [-0.25, -0.2) is 0 Å². The van der Waals surface area contributed by atoms with E-state index in [0.29, 0.717) is 12.5 Å². The highest BCUT2D eigenvalue weighted by molar-refractivity contribution is 6.30. The molecular weight excluding hydrogens is 208 g/mol. The quantitative estimate of drug-likeness (QED) is 0.796. The van der Waals surface area contributed by atoms with Crippen LogP contribution in [-0.2, 0) is 6.42 Å². The van der Waals surface area contributed by atoms with Crippen LogP contribution >= 0.6 is 11.6 Å². The largest absolute Gasteiger partial charge is 0.309 e. The van der Waals surface area contributed by atoms with E-state index in [0.717, 1.165) is 24.4 Å². The standard InChI is InChI=1S/C12H13ClN2/c13-10-3-4-11-9(8-10)2-5-12(11)15-7-1-6-14/h3-4,8,12,15H,1-2,5,7H2. The van der Waals surface area contributed by atoms with E-state index in [1.807, 2.05) is 12.1 Å². The summed E-state index contributed by atoms with van der Waals surface area (Å²) in [5.74, 6) is 0. The molecule has 0 aliphatic heterocycles. The van der Waals surface area contributed by atoms with Gasteiger partial charge in [0, 0.05) is 24.0 Å². The molecule has 1 N–H and O–H groups in total. The number of halogens is 1. The monoisotopic (exact) mass is 220 g/mol. The molecule has 2 nitrogen and oxygen atoms in total. The van der Waals surface area contributed by atoms with E-state index in [1.165, 1.54) is 11.1 Å². The van der Waals surface area contributed by atoms with Crippen molar-refractivity contribution >= 4 is 11.6 Å². The van der Waals surface area contributed by atoms with Crippen LogP contribution in [0.2, 0.25) is 5.02 Å². The SMILES string of the molecule is N#CCCNC1CCc2cc(Cl)ccc21. The van der Waals surface area contributed by atoms with Crippen molar-refractivity contribution in [1.82, 2.24) is 5.32 Å². The van der Waals surface area contributed by atoms with Crippen molar-refractivity contribution in [1.29, 1.82) is 5.26 Å². The number of nitrogens with one attached hydrogen (secondary N) is 1. The predicted molar refractivity (Wildman–Crippen MR) is 60.7 cm³/mol. The Morgan fingerprint density at radius 2 is 2.40 bits per heavy atom. The van der Waals surface area contributed by atoms with E-state index in [9.17, 15) is 0 Å². The topological polar surface area (TPSA) is 35.8 Å². The van der Waals surface area contributed by atoms with Crippen LogP contribution in [0.3, 0.4) is 0 Å². The third-order valence-electron chi connectivity index (χ3n) is 2.81. The first-order valence-corrected chi connectivity index (χ1v) is 5.57. The average Bonchev–Trinajstić information content (AvgIpc) is 2.61. The van der Waals surface area contributed by atoms with Crippen LogP contribution in [0.25, 0.3) is 0 Å². The van der Waals surface area contributed by atoms with Gasteiger partial charge in [-0.3, -0.25) is 0 Å². The van der Waals surface area contributed by atoms with Crippen molar-refractivity contribution in [3.8, 4) is 6.07 Å². The molecule has 3 heteroatoms. The minimum absolute atomic E-state index is 0.408. The number of fused-ring (bicyclic) bond motifs is 1. The zero-order chi connectivity index (χ0) is 10.7. The summed E-state index contributed by atoms with van der Waals surface area (Å²) in [6, 6.07) is 8.62. The van der Waals surface area contributed by atoms with Crippen LogP contribution in [0.5, 0.6) is 0 Å². The van der Waals surface area contributed by atoms with E-state index in [2.05, 4.69) is 17.5 Å². The van der Waals surface area contributed by atoms with Gasteiger partial charge in [-0.2, -0.15) is 5.26 Å². The van der Waals surface area contributed by atoms with Gasteiger partial charge in [0.25, 0.3) is 0 Å². The van der Waals surface area contributed by atoms with Crippen molar-refractivity contribution in [2.24, 2.45) is 0 Å². The third kappa shape index (κ3) is 2.31. The lowest BCUT2D eigenvalue weighted by Crippen LogP contribution is -2.19. The molecule has 0 fully saturated rings. The lowest BCUT2D eigenvalue weighted by molar-refractivity contribution is 0.538. The Kier molecular flexibility index (Phi) is 3.25. The van der Waals surface area contributed by atoms with Crippen molar-refractivity contribution in [2.45, 2.75) is 25.3 Å². The van der Waals surface area contributed by atoms with Gasteiger partial charge in [0.15, 0.2) is 0 Å². The summed E-state index contributed by atoms with van der Waals surface area (Å²) < 4.78 is 0. The lowest BCUT2D eigenvalue weighted by Gasteiger charge is -2.12. The van der Waals surface area contributed by atoms with E-state index >= 15 is 0 Å². The molecule has 0 saturated heterocycles. The first-order chi connectivity index (χ1) is 7.31. The van der Waals surface area contributed by atoms with Crippen molar-refractivity contribution in [3.05, 3.63) is 34.3 Å². The molecule has 1 aliphatic carbocycles. The molecule has 0 radical (unpaired) electrons. The Morgan fingerprint density at radius 1 is 1.53 bits per heavy atom. The fourth-order valence-electron chi connectivity index (χ4n) is 2.10. The maximum absolute atomic E-state index is 8.46. The molecule has 78 valence electrons. The van der Waals surface area contributed by atoms with E-state index in [1.54, 1.807) is 0 Å². The molecule has 0 aromatic heterocycles. The first kappa shape index (κ1) is 10.5. The molecule has 1 unspecified atom stereocenters. The zero-order valence-electron chi connectivity index (χ0n) is 8.46. The molecule has 0 heterocycles. The predicted octanol–water partition coefficient (Wildman–Crippen LogP) is 2.83. The summed E-state index contributed by atoms with van der Waals surface area (Å²) in [6.07, 6.45) is 2.76. The minimum Gasteiger partial charge on any atom is -0.309 e. The number of aryl methyl sites for hydroxylation is 1. The molecule has 1 aromatic rings. The lowest BCUT2D eigenvalue weighted by atomic mass is 10.1. The smallest absolute Gasteiger partial charge is 0.0635 e. The zero-order valence-corrected chi connectivity index (χ0v) is 9.22. The Labute approximate surface area is 94.9 Å². The highest BCUT2D eigenvalue weighted by atomic mass is 35.5. The molecule has 1 aromatic carbocycles. The summed E-state index contributed by atoms with van der Waals surface area (Å²) in [6.45, 7) is 0.767. The summed E-state index contributed by atoms with van der Waals surface area (Å²) in [5, 5.41) is 12.7.